The van der Waals surface area contributed by atoms with Crippen LogP contribution in [-0.2, 0) is 0 Å². The highest BCUT2D eigenvalue weighted by Crippen LogP contribution is 2.28. The molecule has 0 aliphatic heterocycles. The van der Waals surface area contributed by atoms with E-state index in [-0.39, 0.29) is 35.0 Å². The minimum Gasteiger partial charge on any atom is -0.410 e. The molecule has 1 aromatic carbocycles. The van der Waals surface area contributed by atoms with E-state index < -0.39 is 11.7 Å². The molecule has 0 unspecified atom stereocenters. The van der Waals surface area contributed by atoms with E-state index in [9.17, 15) is 9.59 Å². The molecule has 2 heterocycles. The summed E-state index contributed by atoms with van der Waals surface area (Å²) in [4.78, 5) is 24.8. The average molecular weight is 381 g/mol. The van der Waals surface area contributed by atoms with Crippen molar-refractivity contribution in [3.63, 3.8) is 0 Å². The van der Waals surface area contributed by atoms with Crippen molar-refractivity contribution in [1.82, 2.24) is 20.7 Å². The third-order valence-electron chi connectivity index (χ3n) is 4.73. The van der Waals surface area contributed by atoms with Gasteiger partial charge in [0.15, 0.2) is 5.69 Å². The number of hydrogen-bond acceptors (Lipinski definition) is 8. The zero-order valence-corrected chi connectivity index (χ0v) is 15.1. The lowest BCUT2D eigenvalue weighted by Crippen LogP contribution is -2.36. The van der Waals surface area contributed by atoms with Gasteiger partial charge in [0.2, 0.25) is 11.5 Å². The average Bonchev–Trinajstić information content (AvgIpc) is 3.36. The summed E-state index contributed by atoms with van der Waals surface area (Å²) >= 11 is 0. The number of carbonyl (C=O) groups is 2. The Labute approximate surface area is 160 Å². The lowest BCUT2D eigenvalue weighted by molar-refractivity contribution is 0.0892. The number of nitrogens with one attached hydrogen (secondary N) is 1. The highest BCUT2D eigenvalue weighted by atomic mass is 16.5. The quantitative estimate of drug-likeness (QED) is 0.643. The molecule has 3 aromatic rings. The fourth-order valence-corrected chi connectivity index (χ4v) is 3.24. The Morgan fingerprint density at radius 2 is 1.82 bits per heavy atom. The minimum atomic E-state index is -0.437. The van der Waals surface area contributed by atoms with E-state index in [1.54, 1.807) is 30.3 Å². The van der Waals surface area contributed by atoms with Crippen LogP contribution < -0.4 is 11.1 Å². The van der Waals surface area contributed by atoms with Crippen molar-refractivity contribution in [2.24, 2.45) is 0 Å². The van der Waals surface area contributed by atoms with E-state index in [1.165, 1.54) is 6.42 Å². The summed E-state index contributed by atoms with van der Waals surface area (Å²) in [5.74, 6) is -1.23. The van der Waals surface area contributed by atoms with Gasteiger partial charge >= 0.3 is 11.8 Å². The van der Waals surface area contributed by atoms with Crippen LogP contribution in [0.25, 0.3) is 11.6 Å². The standard InChI is InChI=1S/C19H19N5O4/c20-13-14(24-28-16(13)15(25)11-7-3-1-4-8-11)18-22-23-19(27-18)17(26)21-12-9-5-2-6-10-12/h1,3-4,7-8,12H,2,5-6,9-10,20H2,(H,21,26). The Bertz CT molecular complexity index is 989. The Morgan fingerprint density at radius 3 is 2.57 bits per heavy atom. The molecule has 9 heteroatoms. The summed E-state index contributed by atoms with van der Waals surface area (Å²) in [7, 11) is 0. The number of nitrogens with zero attached hydrogens (tertiary/aromatic N) is 3. The zero-order chi connectivity index (χ0) is 19.5. The number of amides is 1. The van der Waals surface area contributed by atoms with Crippen molar-refractivity contribution in [3.05, 3.63) is 47.5 Å². The lowest BCUT2D eigenvalue weighted by atomic mass is 9.95. The molecule has 0 atom stereocenters. The fourth-order valence-electron chi connectivity index (χ4n) is 3.24. The molecule has 1 amide bonds. The molecule has 2 aromatic heterocycles. The van der Waals surface area contributed by atoms with Gasteiger partial charge in [-0.25, -0.2) is 0 Å². The second-order valence-electron chi connectivity index (χ2n) is 6.69. The SMILES string of the molecule is Nc1c(-c2nnc(C(=O)NC3CCCCC3)o2)noc1C(=O)c1ccccc1. The van der Waals surface area contributed by atoms with Gasteiger partial charge in [-0.15, -0.1) is 10.2 Å². The number of ketones is 1. The number of hydrogen-bond donors (Lipinski definition) is 2. The molecule has 0 bridgehead atoms. The number of carbonyl (C=O) groups excluding carboxylic acids is 2. The summed E-state index contributed by atoms with van der Waals surface area (Å²) < 4.78 is 10.5. The lowest BCUT2D eigenvalue weighted by Gasteiger charge is -2.21. The highest BCUT2D eigenvalue weighted by Gasteiger charge is 2.27. The van der Waals surface area contributed by atoms with Crippen molar-refractivity contribution < 1.29 is 18.5 Å². The molecule has 1 saturated carbocycles. The van der Waals surface area contributed by atoms with Crippen molar-refractivity contribution in [2.75, 3.05) is 5.73 Å². The van der Waals surface area contributed by atoms with E-state index in [4.69, 9.17) is 14.7 Å². The van der Waals surface area contributed by atoms with Crippen LogP contribution in [0.15, 0.2) is 39.3 Å². The minimum absolute atomic E-state index is 0.0169. The van der Waals surface area contributed by atoms with Gasteiger partial charge in [0.25, 0.3) is 5.89 Å². The second kappa shape index (κ2) is 7.63. The smallest absolute Gasteiger partial charge is 0.309 e. The van der Waals surface area contributed by atoms with E-state index in [1.807, 2.05) is 0 Å². The van der Waals surface area contributed by atoms with Crippen LogP contribution in [-0.4, -0.2) is 33.1 Å². The number of nitrogens with two attached hydrogens (primary N) is 1. The van der Waals surface area contributed by atoms with E-state index in [2.05, 4.69) is 20.7 Å². The first-order valence-corrected chi connectivity index (χ1v) is 9.13. The highest BCUT2D eigenvalue weighted by molar-refractivity contribution is 6.11. The van der Waals surface area contributed by atoms with Gasteiger partial charge in [0.1, 0.15) is 5.69 Å². The fraction of sp³-hybridized carbons (Fsp3) is 0.316. The molecular formula is C19H19N5O4. The summed E-state index contributed by atoms with van der Waals surface area (Å²) in [6.45, 7) is 0. The van der Waals surface area contributed by atoms with Crippen LogP contribution >= 0.6 is 0 Å². The van der Waals surface area contributed by atoms with Gasteiger partial charge in [-0.2, -0.15) is 0 Å². The molecule has 4 rings (SSSR count). The molecule has 1 aliphatic carbocycles. The van der Waals surface area contributed by atoms with Crippen LogP contribution in [0.4, 0.5) is 5.69 Å². The molecule has 0 saturated heterocycles. The monoisotopic (exact) mass is 381 g/mol. The van der Waals surface area contributed by atoms with Gasteiger partial charge < -0.3 is 20.0 Å². The van der Waals surface area contributed by atoms with Crippen molar-refractivity contribution in [3.8, 4) is 11.6 Å². The van der Waals surface area contributed by atoms with Crippen molar-refractivity contribution in [1.29, 1.82) is 0 Å². The molecule has 3 N–H and O–H groups in total. The van der Waals surface area contributed by atoms with E-state index >= 15 is 0 Å². The van der Waals surface area contributed by atoms with Crippen LogP contribution in [0, 0.1) is 0 Å². The van der Waals surface area contributed by atoms with Gasteiger partial charge in [0.05, 0.1) is 0 Å². The third-order valence-corrected chi connectivity index (χ3v) is 4.73. The Balaban J connectivity index is 1.52. The molecular weight excluding hydrogens is 362 g/mol. The maximum absolute atomic E-state index is 12.5. The molecule has 144 valence electrons. The van der Waals surface area contributed by atoms with Gasteiger partial charge in [-0.1, -0.05) is 54.8 Å². The Kier molecular flexibility index (Phi) is 4.88. The predicted octanol–water partition coefficient (Wildman–Crippen LogP) is 2.60. The number of nitrogen functional groups attached to an aromatic ring is 1. The first-order chi connectivity index (χ1) is 13.6. The second-order valence-corrected chi connectivity index (χ2v) is 6.69. The molecule has 1 aliphatic rings. The number of benzene rings is 1. The molecule has 9 nitrogen and oxygen atoms in total. The first-order valence-electron chi connectivity index (χ1n) is 9.13. The summed E-state index contributed by atoms with van der Waals surface area (Å²) in [6, 6.07) is 8.66. The predicted molar refractivity (Wildman–Crippen MR) is 98.4 cm³/mol. The summed E-state index contributed by atoms with van der Waals surface area (Å²) in [6.07, 6.45) is 5.25. The maximum atomic E-state index is 12.5. The van der Waals surface area contributed by atoms with Gasteiger partial charge in [-0.3, -0.25) is 9.59 Å². The molecule has 0 spiro atoms. The Hall–Kier alpha value is -3.49. The summed E-state index contributed by atoms with van der Waals surface area (Å²) in [5.41, 5.74) is 6.43. The van der Waals surface area contributed by atoms with Gasteiger partial charge in [-0.05, 0) is 12.8 Å². The van der Waals surface area contributed by atoms with Crippen LogP contribution in [0.5, 0.6) is 0 Å². The Morgan fingerprint density at radius 1 is 1.07 bits per heavy atom. The molecule has 0 radical (unpaired) electrons. The number of aromatic nitrogens is 3. The van der Waals surface area contributed by atoms with Crippen molar-refractivity contribution >= 4 is 17.4 Å². The van der Waals surface area contributed by atoms with E-state index in [0.29, 0.717) is 5.56 Å². The third kappa shape index (κ3) is 3.51. The maximum Gasteiger partial charge on any atom is 0.309 e. The largest absolute Gasteiger partial charge is 0.410 e. The van der Waals surface area contributed by atoms with Crippen molar-refractivity contribution in [2.45, 2.75) is 38.1 Å². The van der Waals surface area contributed by atoms with Crippen LogP contribution in [0.2, 0.25) is 0 Å². The molecule has 1 fully saturated rings. The first kappa shape index (κ1) is 17.9. The summed E-state index contributed by atoms with van der Waals surface area (Å²) in [5, 5.41) is 14.2. The topological polar surface area (TPSA) is 137 Å². The number of anilines is 1. The molecule has 28 heavy (non-hydrogen) atoms. The van der Waals surface area contributed by atoms with Gasteiger partial charge in [0, 0.05) is 11.6 Å². The number of rotatable bonds is 5. The van der Waals surface area contributed by atoms with E-state index in [0.717, 1.165) is 25.7 Å². The van der Waals surface area contributed by atoms with Crippen LogP contribution in [0.3, 0.4) is 0 Å². The normalized spacial score (nSPS) is 14.7. The zero-order valence-electron chi connectivity index (χ0n) is 15.1. The van der Waals surface area contributed by atoms with Crippen LogP contribution in [0.1, 0.15) is 58.9 Å².